The van der Waals surface area contributed by atoms with Gasteiger partial charge in [0, 0.05) is 24.2 Å². The first-order valence-electron chi connectivity index (χ1n) is 10.3. The topological polar surface area (TPSA) is 84.5 Å². The molecule has 2 atom stereocenters. The first kappa shape index (κ1) is 21.2. The van der Waals surface area contributed by atoms with Crippen molar-refractivity contribution in [1.82, 2.24) is 9.80 Å². The van der Waals surface area contributed by atoms with Gasteiger partial charge in [0.2, 0.25) is 11.4 Å². The van der Waals surface area contributed by atoms with Crippen LogP contribution in [-0.2, 0) is 16.6 Å². The lowest BCUT2D eigenvalue weighted by Crippen LogP contribution is -2.37. The van der Waals surface area contributed by atoms with Crippen molar-refractivity contribution in [1.29, 1.82) is 0 Å². The van der Waals surface area contributed by atoms with Gasteiger partial charge in [0.05, 0.1) is 7.05 Å². The van der Waals surface area contributed by atoms with Gasteiger partial charge >= 0.3 is 0 Å². The number of hydrogen-bond acceptors (Lipinski definition) is 4. The molecule has 1 fully saturated rings. The summed E-state index contributed by atoms with van der Waals surface area (Å²) < 4.78 is 23.5. The summed E-state index contributed by atoms with van der Waals surface area (Å²) in [6.45, 7) is 3.00. The summed E-state index contributed by atoms with van der Waals surface area (Å²) in [5.74, 6) is 0.829. The van der Waals surface area contributed by atoms with Gasteiger partial charge in [0.15, 0.2) is 0 Å². The number of aliphatic imine (C=N–C) groups is 1. The average Bonchev–Trinajstić information content (AvgIpc) is 2.89. The van der Waals surface area contributed by atoms with Crippen LogP contribution in [0.1, 0.15) is 57.4 Å². The monoisotopic (exact) mass is 405 g/mol. The van der Waals surface area contributed by atoms with E-state index in [-0.39, 0.29) is 9.51 Å². The van der Waals surface area contributed by atoms with E-state index in [4.69, 9.17) is 5.14 Å². The minimum atomic E-state index is -3.81. The second-order valence-electron chi connectivity index (χ2n) is 8.41. The summed E-state index contributed by atoms with van der Waals surface area (Å²) in [4.78, 5) is 4.03. The van der Waals surface area contributed by atoms with Crippen LogP contribution in [0.5, 0.6) is 0 Å². The highest BCUT2D eigenvalue weighted by Crippen LogP contribution is 2.30. The molecule has 0 aromatic heterocycles. The molecular formula is C21H33N4O2S+. The van der Waals surface area contributed by atoms with Crippen LogP contribution >= 0.6 is 0 Å². The molecule has 154 valence electrons. The number of rotatable bonds is 7. The fourth-order valence-electron chi connectivity index (χ4n) is 4.35. The minimum Gasteiger partial charge on any atom is -0.310 e. The summed E-state index contributed by atoms with van der Waals surface area (Å²) in [6.07, 6.45) is 12.6. The Hall–Kier alpha value is -1.54. The zero-order chi connectivity index (χ0) is 20.2. The van der Waals surface area contributed by atoms with Crippen LogP contribution in [0.25, 0.3) is 0 Å². The van der Waals surface area contributed by atoms with Crippen LogP contribution in [0.3, 0.4) is 0 Å². The van der Waals surface area contributed by atoms with E-state index in [9.17, 15) is 8.42 Å². The number of quaternary nitrogens is 1. The first-order chi connectivity index (χ1) is 13.3. The van der Waals surface area contributed by atoms with Crippen molar-refractivity contribution in [3.63, 3.8) is 0 Å². The third-order valence-corrected chi connectivity index (χ3v) is 6.70. The molecule has 0 amide bonds. The van der Waals surface area contributed by atoms with E-state index in [0.29, 0.717) is 6.04 Å². The van der Waals surface area contributed by atoms with E-state index >= 15 is 0 Å². The van der Waals surface area contributed by atoms with Crippen molar-refractivity contribution < 1.29 is 8.42 Å². The Balaban J connectivity index is 1.68. The van der Waals surface area contributed by atoms with Gasteiger partial charge in [-0.1, -0.05) is 56.7 Å². The highest BCUT2D eigenvalue weighted by atomic mass is 32.2. The largest absolute Gasteiger partial charge is 0.310 e. The van der Waals surface area contributed by atoms with Crippen molar-refractivity contribution in [2.75, 3.05) is 7.05 Å². The Bertz CT molecular complexity index is 842. The van der Waals surface area contributed by atoms with Gasteiger partial charge in [0.25, 0.3) is 10.0 Å². The van der Waals surface area contributed by atoms with E-state index in [1.54, 1.807) is 12.5 Å². The molecule has 0 radical (unpaired) electrons. The molecule has 3 N–H and O–H groups in total. The normalized spacial score (nSPS) is 24.8. The van der Waals surface area contributed by atoms with Crippen molar-refractivity contribution in [3.05, 3.63) is 41.1 Å². The predicted molar refractivity (Wildman–Crippen MR) is 116 cm³/mol. The van der Waals surface area contributed by atoms with E-state index in [2.05, 4.69) is 23.3 Å². The van der Waals surface area contributed by atoms with Crippen LogP contribution in [-0.4, -0.2) is 27.8 Å². The summed E-state index contributed by atoms with van der Waals surface area (Å²) in [7, 11) is -1.90. The fraction of sp³-hybridized carbons (Fsp3) is 0.571. The molecule has 0 spiro atoms. The van der Waals surface area contributed by atoms with Crippen molar-refractivity contribution in [3.8, 4) is 0 Å². The Morgan fingerprint density at radius 2 is 1.89 bits per heavy atom. The van der Waals surface area contributed by atoms with Gasteiger partial charge in [0.1, 0.15) is 11.9 Å². The molecule has 1 aliphatic carbocycles. The number of primary sulfonamides is 1. The molecule has 0 bridgehead atoms. The maximum absolute atomic E-state index is 11.6. The van der Waals surface area contributed by atoms with Crippen LogP contribution in [0.2, 0.25) is 0 Å². The molecule has 3 rings (SSSR count). The molecule has 1 aromatic rings. The number of sulfonamides is 1. The van der Waals surface area contributed by atoms with Crippen LogP contribution < -0.4 is 14.9 Å². The smallest absolute Gasteiger partial charge is 0.261 e. The van der Waals surface area contributed by atoms with Crippen LogP contribution in [0, 0.1) is 5.92 Å². The number of nitrogens with two attached hydrogens (primary N) is 1. The molecule has 1 saturated carbocycles. The molecular weight excluding hydrogens is 372 g/mol. The zero-order valence-electron chi connectivity index (χ0n) is 17.0. The molecule has 1 aromatic carbocycles. The summed E-state index contributed by atoms with van der Waals surface area (Å²) in [6, 6.07) is 8.53. The Kier molecular flexibility index (Phi) is 6.70. The van der Waals surface area contributed by atoms with Gasteiger partial charge < -0.3 is 5.32 Å². The zero-order valence-corrected chi connectivity index (χ0v) is 17.8. The summed E-state index contributed by atoms with van der Waals surface area (Å²) in [5.41, 5.74) is 2.13. The SMILES string of the molecule is C[C@@H](CC1CCCCCC1)NCc1ccccc1[N+]1(C)C=NC(S(N)(=O)=O)=C1. The molecule has 1 unspecified atom stereocenters. The van der Waals surface area contributed by atoms with Crippen LogP contribution in [0.4, 0.5) is 5.69 Å². The minimum absolute atomic E-state index is 0.0838. The lowest BCUT2D eigenvalue weighted by Gasteiger charge is -2.25. The van der Waals surface area contributed by atoms with Gasteiger partial charge in [-0.25, -0.2) is 18.0 Å². The fourth-order valence-corrected chi connectivity index (χ4v) is 4.91. The Labute approximate surface area is 169 Å². The number of nitrogens with zero attached hydrogens (tertiary/aromatic N) is 2. The van der Waals surface area contributed by atoms with E-state index in [1.165, 1.54) is 44.9 Å². The van der Waals surface area contributed by atoms with Gasteiger partial charge in [-0.15, -0.1) is 0 Å². The number of benzene rings is 1. The predicted octanol–water partition coefficient (Wildman–Crippen LogP) is 3.59. The highest BCUT2D eigenvalue weighted by Gasteiger charge is 2.33. The molecule has 6 nitrogen and oxygen atoms in total. The maximum atomic E-state index is 11.6. The van der Waals surface area contributed by atoms with Crippen molar-refractivity contribution in [2.45, 2.75) is 64.5 Å². The highest BCUT2D eigenvalue weighted by molar-refractivity contribution is 7.93. The summed E-state index contributed by atoms with van der Waals surface area (Å²) >= 11 is 0. The number of hydrogen-bond donors (Lipinski definition) is 2. The molecule has 0 saturated heterocycles. The quantitative estimate of drug-likeness (QED) is 0.537. The second kappa shape index (κ2) is 8.86. The average molecular weight is 406 g/mol. The number of nitrogens with one attached hydrogen (secondary N) is 1. The van der Waals surface area contributed by atoms with Gasteiger partial charge in [-0.2, -0.15) is 4.99 Å². The molecule has 7 heteroatoms. The standard InChI is InChI=1S/C21H33N4O2S/c1-17(13-18-9-5-3-4-6-10-18)23-14-19-11-7-8-12-20(19)25(2)15-21(24-16-25)28(22,26)27/h7-8,11-12,15-18,23H,3-6,9-10,13-14H2,1-2H3,(H2,22,26,27)/q+1/t17-,25?/m0/s1. The Morgan fingerprint density at radius 3 is 2.54 bits per heavy atom. The third-order valence-electron chi connectivity index (χ3n) is 5.91. The lowest BCUT2D eigenvalue weighted by molar-refractivity contribution is 0.363. The molecule has 28 heavy (non-hydrogen) atoms. The van der Waals surface area contributed by atoms with E-state index in [1.807, 2.05) is 25.2 Å². The van der Waals surface area contributed by atoms with Crippen molar-refractivity contribution in [2.24, 2.45) is 16.0 Å². The van der Waals surface area contributed by atoms with Crippen molar-refractivity contribution >= 4 is 22.0 Å². The van der Waals surface area contributed by atoms with E-state index in [0.717, 1.165) is 23.7 Å². The second-order valence-corrected chi connectivity index (χ2v) is 9.92. The molecule has 1 heterocycles. The van der Waals surface area contributed by atoms with Crippen LogP contribution in [0.15, 0.2) is 40.5 Å². The maximum Gasteiger partial charge on any atom is 0.261 e. The molecule has 2 aliphatic rings. The van der Waals surface area contributed by atoms with Gasteiger partial charge in [-0.3, -0.25) is 0 Å². The summed E-state index contributed by atoms with van der Waals surface area (Å²) in [5, 5.41) is 8.83. The third kappa shape index (κ3) is 5.29. The number of para-hydroxylation sites is 1. The lowest BCUT2D eigenvalue weighted by atomic mass is 9.93. The first-order valence-corrected chi connectivity index (χ1v) is 11.8. The Morgan fingerprint density at radius 1 is 1.21 bits per heavy atom. The molecule has 1 aliphatic heterocycles. The van der Waals surface area contributed by atoms with Gasteiger partial charge in [-0.05, 0) is 19.3 Å². The van der Waals surface area contributed by atoms with E-state index < -0.39 is 10.0 Å².